The van der Waals surface area contributed by atoms with E-state index in [-0.39, 0.29) is 15.4 Å². The van der Waals surface area contributed by atoms with E-state index in [0.717, 1.165) is 6.07 Å². The van der Waals surface area contributed by atoms with Crippen molar-refractivity contribution in [2.75, 3.05) is 0 Å². The second kappa shape index (κ2) is 5.39. The highest BCUT2D eigenvalue weighted by atomic mass is 35.5. The van der Waals surface area contributed by atoms with Crippen LogP contribution in [-0.4, -0.2) is 31.1 Å². The summed E-state index contributed by atoms with van der Waals surface area (Å²) in [6.07, 6.45) is 1.21. The zero-order valence-corrected chi connectivity index (χ0v) is 11.6. The Labute approximate surface area is 122 Å². The molecule has 8 nitrogen and oxygen atoms in total. The van der Waals surface area contributed by atoms with E-state index in [1.54, 1.807) is 6.92 Å². The molecule has 0 fully saturated rings. The van der Waals surface area contributed by atoms with Crippen molar-refractivity contribution in [2.45, 2.75) is 6.92 Å². The van der Waals surface area contributed by atoms with Gasteiger partial charge in [0.2, 0.25) is 10.5 Å². The SMILES string of the molecule is Cc1n[nH]c(=S)n1/N=C/c1cc(Cl)cc([N+](=O)[O-])c1O. The molecule has 1 heterocycles. The molecule has 0 aliphatic rings. The molecule has 2 aromatic rings. The van der Waals surface area contributed by atoms with E-state index in [0.29, 0.717) is 5.82 Å². The number of aromatic amines is 1. The summed E-state index contributed by atoms with van der Waals surface area (Å²) >= 11 is 10.7. The summed E-state index contributed by atoms with van der Waals surface area (Å²) in [6.45, 7) is 1.67. The molecule has 1 aromatic carbocycles. The molecule has 0 spiro atoms. The van der Waals surface area contributed by atoms with Crippen LogP contribution in [0.2, 0.25) is 5.02 Å². The first kappa shape index (κ1) is 14.2. The summed E-state index contributed by atoms with van der Waals surface area (Å²) in [6, 6.07) is 2.41. The number of halogens is 1. The Morgan fingerprint density at radius 3 is 2.90 bits per heavy atom. The molecule has 0 saturated heterocycles. The first-order valence-electron chi connectivity index (χ1n) is 5.25. The standard InChI is InChI=1S/C10H8ClN5O3S/c1-5-13-14-10(20)15(5)12-4-6-2-7(11)3-8(9(6)17)16(18)19/h2-4,17H,1H3,(H,14,20)/b12-4+. The fourth-order valence-corrected chi connectivity index (χ4v) is 1.92. The number of phenols is 1. The summed E-state index contributed by atoms with van der Waals surface area (Å²) in [5.74, 6) is -0.0157. The van der Waals surface area contributed by atoms with Crippen LogP contribution in [0.5, 0.6) is 5.75 Å². The molecule has 0 radical (unpaired) electrons. The summed E-state index contributed by atoms with van der Waals surface area (Å²) in [7, 11) is 0. The Morgan fingerprint density at radius 2 is 2.35 bits per heavy atom. The van der Waals surface area contributed by atoms with Gasteiger partial charge in [-0.15, -0.1) is 0 Å². The molecule has 2 N–H and O–H groups in total. The number of aryl methyl sites for hydroxylation is 1. The van der Waals surface area contributed by atoms with Crippen molar-refractivity contribution in [2.24, 2.45) is 5.10 Å². The van der Waals surface area contributed by atoms with Gasteiger partial charge in [-0.3, -0.25) is 15.2 Å². The Bertz CT molecular complexity index is 767. The number of nitrogens with one attached hydrogen (secondary N) is 1. The number of nitro groups is 1. The predicted molar refractivity (Wildman–Crippen MR) is 74.9 cm³/mol. The molecule has 104 valence electrons. The minimum absolute atomic E-state index is 0.103. The fourth-order valence-electron chi connectivity index (χ4n) is 1.47. The van der Waals surface area contributed by atoms with Gasteiger partial charge in [-0.2, -0.15) is 14.9 Å². The van der Waals surface area contributed by atoms with Gasteiger partial charge in [0, 0.05) is 16.7 Å². The Balaban J connectivity index is 2.49. The Hall–Kier alpha value is -2.26. The molecule has 0 atom stereocenters. The summed E-state index contributed by atoms with van der Waals surface area (Å²) in [5.41, 5.74) is -0.391. The topological polar surface area (TPSA) is 109 Å². The highest BCUT2D eigenvalue weighted by Gasteiger charge is 2.17. The van der Waals surface area contributed by atoms with Crippen LogP contribution in [0.1, 0.15) is 11.4 Å². The molecular formula is C10H8ClN5O3S. The third kappa shape index (κ3) is 2.68. The summed E-state index contributed by atoms with van der Waals surface area (Å²) < 4.78 is 1.57. The average Bonchev–Trinajstić information content (AvgIpc) is 2.69. The first-order chi connectivity index (χ1) is 9.40. The predicted octanol–water partition coefficient (Wildman–Crippen LogP) is 2.40. The van der Waals surface area contributed by atoms with Gasteiger partial charge in [-0.05, 0) is 25.2 Å². The van der Waals surface area contributed by atoms with Crippen LogP contribution in [0, 0.1) is 21.8 Å². The minimum Gasteiger partial charge on any atom is -0.502 e. The van der Waals surface area contributed by atoms with Crippen LogP contribution >= 0.6 is 23.8 Å². The lowest BCUT2D eigenvalue weighted by molar-refractivity contribution is -0.385. The molecule has 10 heteroatoms. The number of aromatic nitrogens is 3. The lowest BCUT2D eigenvalue weighted by Crippen LogP contribution is -1.96. The molecular weight excluding hydrogens is 306 g/mol. The van der Waals surface area contributed by atoms with Crippen LogP contribution in [-0.2, 0) is 0 Å². The van der Waals surface area contributed by atoms with E-state index >= 15 is 0 Å². The highest BCUT2D eigenvalue weighted by molar-refractivity contribution is 7.71. The molecule has 0 bridgehead atoms. The molecule has 0 aliphatic carbocycles. The molecule has 20 heavy (non-hydrogen) atoms. The lowest BCUT2D eigenvalue weighted by Gasteiger charge is -2.01. The van der Waals surface area contributed by atoms with Crippen LogP contribution in [0.3, 0.4) is 0 Å². The zero-order chi connectivity index (χ0) is 14.9. The van der Waals surface area contributed by atoms with Gasteiger partial charge < -0.3 is 5.11 Å². The molecule has 0 saturated carbocycles. The van der Waals surface area contributed by atoms with Gasteiger partial charge in [-0.1, -0.05) is 11.6 Å². The van der Waals surface area contributed by atoms with Crippen LogP contribution in [0.25, 0.3) is 0 Å². The van der Waals surface area contributed by atoms with Crippen molar-refractivity contribution in [3.63, 3.8) is 0 Å². The van der Waals surface area contributed by atoms with E-state index < -0.39 is 16.4 Å². The van der Waals surface area contributed by atoms with E-state index in [4.69, 9.17) is 23.8 Å². The number of hydrogen-bond donors (Lipinski definition) is 2. The van der Waals surface area contributed by atoms with E-state index in [1.807, 2.05) is 0 Å². The first-order valence-corrected chi connectivity index (χ1v) is 6.04. The number of benzene rings is 1. The van der Waals surface area contributed by atoms with Crippen LogP contribution in [0.15, 0.2) is 17.2 Å². The van der Waals surface area contributed by atoms with Crippen molar-refractivity contribution in [1.82, 2.24) is 14.9 Å². The number of rotatable bonds is 3. The second-order valence-electron chi connectivity index (χ2n) is 3.75. The van der Waals surface area contributed by atoms with E-state index in [1.165, 1.54) is 17.0 Å². The van der Waals surface area contributed by atoms with Crippen molar-refractivity contribution >= 4 is 35.7 Å². The van der Waals surface area contributed by atoms with Crippen molar-refractivity contribution in [3.05, 3.63) is 43.4 Å². The molecule has 2 rings (SSSR count). The van der Waals surface area contributed by atoms with Gasteiger partial charge in [0.1, 0.15) is 5.82 Å². The van der Waals surface area contributed by atoms with Gasteiger partial charge in [-0.25, -0.2) is 0 Å². The number of nitro benzene ring substituents is 1. The Morgan fingerprint density at radius 1 is 1.65 bits per heavy atom. The number of nitrogens with zero attached hydrogens (tertiary/aromatic N) is 4. The molecule has 1 aromatic heterocycles. The second-order valence-corrected chi connectivity index (χ2v) is 4.58. The zero-order valence-electron chi connectivity index (χ0n) is 10.1. The highest BCUT2D eigenvalue weighted by Crippen LogP contribution is 2.32. The van der Waals surface area contributed by atoms with Crippen molar-refractivity contribution in [3.8, 4) is 5.75 Å². The largest absolute Gasteiger partial charge is 0.502 e. The summed E-state index contributed by atoms with van der Waals surface area (Å²) in [4.78, 5) is 10.0. The van der Waals surface area contributed by atoms with Gasteiger partial charge in [0.25, 0.3) is 0 Å². The third-order valence-electron chi connectivity index (χ3n) is 2.41. The number of hydrogen-bond acceptors (Lipinski definition) is 6. The van der Waals surface area contributed by atoms with E-state index in [9.17, 15) is 15.2 Å². The van der Waals surface area contributed by atoms with Crippen LogP contribution < -0.4 is 0 Å². The minimum atomic E-state index is -0.729. The average molecular weight is 314 g/mol. The quantitative estimate of drug-likeness (QED) is 0.391. The molecule has 0 unspecified atom stereocenters. The van der Waals surface area contributed by atoms with Gasteiger partial charge >= 0.3 is 5.69 Å². The summed E-state index contributed by atoms with van der Waals surface area (Å²) in [5, 5.41) is 31.1. The molecule has 0 aliphatic heterocycles. The maximum Gasteiger partial charge on any atom is 0.312 e. The number of H-pyrrole nitrogens is 1. The molecule has 0 amide bonds. The maximum absolute atomic E-state index is 10.8. The van der Waals surface area contributed by atoms with E-state index in [2.05, 4.69) is 15.3 Å². The number of aromatic hydroxyl groups is 1. The fraction of sp³-hybridized carbons (Fsp3) is 0.100. The van der Waals surface area contributed by atoms with Crippen LogP contribution in [0.4, 0.5) is 5.69 Å². The van der Waals surface area contributed by atoms with Crippen molar-refractivity contribution < 1.29 is 10.0 Å². The van der Waals surface area contributed by atoms with Gasteiger partial charge in [0.15, 0.2) is 0 Å². The Kier molecular flexibility index (Phi) is 3.81. The van der Waals surface area contributed by atoms with Gasteiger partial charge in [0.05, 0.1) is 11.1 Å². The number of phenolic OH excluding ortho intramolecular Hbond substituents is 1. The third-order valence-corrected chi connectivity index (χ3v) is 2.89. The van der Waals surface area contributed by atoms with Crippen molar-refractivity contribution in [1.29, 1.82) is 0 Å². The lowest BCUT2D eigenvalue weighted by atomic mass is 10.2. The normalized spacial score (nSPS) is 11.1. The monoisotopic (exact) mass is 313 g/mol. The maximum atomic E-state index is 10.8. The smallest absolute Gasteiger partial charge is 0.312 e.